The number of halogens is 2. The van der Waals surface area contributed by atoms with Crippen LogP contribution >= 0.6 is 43.2 Å². The summed E-state index contributed by atoms with van der Waals surface area (Å²) in [5.41, 5.74) is 4.32. The predicted molar refractivity (Wildman–Crippen MR) is 182 cm³/mol. The summed E-state index contributed by atoms with van der Waals surface area (Å²) in [6.07, 6.45) is 1.83. The summed E-state index contributed by atoms with van der Waals surface area (Å²) in [4.78, 5) is 32.6. The second-order valence-corrected chi connectivity index (χ2v) is 13.2. The number of aryl methyl sites for hydroxylation is 1. The van der Waals surface area contributed by atoms with E-state index < -0.39 is 12.0 Å². The fourth-order valence-corrected chi connectivity index (χ4v) is 7.82. The highest BCUT2D eigenvalue weighted by Gasteiger charge is 2.33. The van der Waals surface area contributed by atoms with Crippen LogP contribution in [-0.2, 0) is 16.1 Å². The van der Waals surface area contributed by atoms with Gasteiger partial charge in [-0.05, 0) is 76.8 Å². The van der Waals surface area contributed by atoms with E-state index in [9.17, 15) is 9.59 Å². The molecule has 0 aliphatic carbocycles. The minimum atomic E-state index is -0.663. The molecule has 0 bridgehead atoms. The van der Waals surface area contributed by atoms with Gasteiger partial charge in [0.15, 0.2) is 4.80 Å². The van der Waals surface area contributed by atoms with Crippen LogP contribution in [0.2, 0.25) is 0 Å². The van der Waals surface area contributed by atoms with E-state index in [1.807, 2.05) is 67.6 Å². The fourth-order valence-electron chi connectivity index (χ4n) is 5.40. The Labute approximate surface area is 275 Å². The average molecular weight is 732 g/mol. The zero-order valence-electron chi connectivity index (χ0n) is 24.3. The number of rotatable bonds is 7. The molecule has 2 heterocycles. The molecule has 0 radical (unpaired) electrons. The lowest BCUT2D eigenvalue weighted by molar-refractivity contribution is -0.139. The summed E-state index contributed by atoms with van der Waals surface area (Å²) in [7, 11) is 0. The average Bonchev–Trinajstić information content (AvgIpc) is 3.30. The van der Waals surface area contributed by atoms with E-state index in [2.05, 4.69) is 56.1 Å². The Bertz CT molecular complexity index is 2130. The smallest absolute Gasteiger partial charge is 0.338 e. The van der Waals surface area contributed by atoms with Gasteiger partial charge in [0.05, 0.1) is 32.9 Å². The van der Waals surface area contributed by atoms with Crippen LogP contribution in [0.4, 0.5) is 0 Å². The molecule has 1 aliphatic heterocycles. The van der Waals surface area contributed by atoms with Gasteiger partial charge in [-0.1, -0.05) is 99.6 Å². The third kappa shape index (κ3) is 5.84. The van der Waals surface area contributed by atoms with Crippen LogP contribution in [0, 0.1) is 6.92 Å². The van der Waals surface area contributed by atoms with Crippen molar-refractivity contribution in [2.24, 2.45) is 4.99 Å². The van der Waals surface area contributed by atoms with E-state index in [1.165, 1.54) is 11.3 Å². The highest BCUT2D eigenvalue weighted by molar-refractivity contribution is 9.11. The van der Waals surface area contributed by atoms with Crippen LogP contribution in [-0.4, -0.2) is 17.1 Å². The molecule has 1 aliphatic rings. The summed E-state index contributed by atoms with van der Waals surface area (Å²) in [6, 6.07) is 25.4. The van der Waals surface area contributed by atoms with Gasteiger partial charge in [0.2, 0.25) is 0 Å². The maximum Gasteiger partial charge on any atom is 0.338 e. The molecule has 1 atom stereocenters. The van der Waals surface area contributed by atoms with Gasteiger partial charge in [-0.25, -0.2) is 9.79 Å². The van der Waals surface area contributed by atoms with Gasteiger partial charge in [-0.2, -0.15) is 0 Å². The molecule has 222 valence electrons. The quantitative estimate of drug-likeness (QED) is 0.164. The lowest BCUT2D eigenvalue weighted by Gasteiger charge is -2.24. The Balaban J connectivity index is 1.46. The highest BCUT2D eigenvalue weighted by Crippen LogP contribution is 2.35. The number of fused-ring (bicyclic) bond motifs is 2. The Morgan fingerprint density at radius 2 is 1.77 bits per heavy atom. The first-order valence-corrected chi connectivity index (χ1v) is 16.5. The van der Waals surface area contributed by atoms with Crippen molar-refractivity contribution >= 4 is 66.0 Å². The topological polar surface area (TPSA) is 69.9 Å². The van der Waals surface area contributed by atoms with Gasteiger partial charge in [0, 0.05) is 10.0 Å². The van der Waals surface area contributed by atoms with Crippen LogP contribution in [0.3, 0.4) is 0 Å². The number of aromatic nitrogens is 1. The molecule has 0 N–H and O–H groups in total. The molecule has 0 fully saturated rings. The summed E-state index contributed by atoms with van der Waals surface area (Å²) < 4.78 is 15.5. The molecule has 1 aromatic heterocycles. The van der Waals surface area contributed by atoms with Crippen molar-refractivity contribution in [3.63, 3.8) is 0 Å². The van der Waals surface area contributed by atoms with Crippen molar-refractivity contribution in [3.05, 3.63) is 141 Å². The Kier molecular flexibility index (Phi) is 8.71. The number of hydrogen-bond donors (Lipinski definition) is 0. The number of benzene rings is 4. The predicted octanol–water partition coefficient (Wildman–Crippen LogP) is 7.36. The number of carbonyl (C=O) groups is 1. The van der Waals surface area contributed by atoms with E-state index in [4.69, 9.17) is 14.5 Å². The van der Waals surface area contributed by atoms with Gasteiger partial charge >= 0.3 is 5.97 Å². The number of thiazole rings is 1. The lowest BCUT2D eigenvalue weighted by atomic mass is 9.95. The number of hydrogen-bond acceptors (Lipinski definition) is 6. The molecule has 44 heavy (non-hydrogen) atoms. The van der Waals surface area contributed by atoms with Gasteiger partial charge in [0.25, 0.3) is 5.56 Å². The van der Waals surface area contributed by atoms with Crippen molar-refractivity contribution in [2.75, 3.05) is 6.61 Å². The van der Waals surface area contributed by atoms with E-state index in [-0.39, 0.29) is 12.2 Å². The first-order chi connectivity index (χ1) is 21.2. The van der Waals surface area contributed by atoms with Crippen molar-refractivity contribution in [2.45, 2.75) is 33.4 Å². The summed E-state index contributed by atoms with van der Waals surface area (Å²) in [6.45, 7) is 6.12. The molecule has 0 unspecified atom stereocenters. The first kappa shape index (κ1) is 30.2. The Morgan fingerprint density at radius 3 is 2.55 bits per heavy atom. The third-order valence-electron chi connectivity index (χ3n) is 7.49. The Morgan fingerprint density at radius 1 is 1.02 bits per heavy atom. The number of esters is 1. The fraction of sp³-hybridized carbons (Fsp3) is 0.171. The van der Waals surface area contributed by atoms with Crippen molar-refractivity contribution in [3.8, 4) is 5.75 Å². The maximum absolute atomic E-state index is 14.2. The number of nitrogens with zero attached hydrogens (tertiary/aromatic N) is 2. The maximum atomic E-state index is 14.2. The second kappa shape index (κ2) is 12.7. The number of carbonyl (C=O) groups excluding carboxylic acids is 1. The molecule has 0 spiro atoms. The van der Waals surface area contributed by atoms with Crippen molar-refractivity contribution in [1.29, 1.82) is 0 Å². The van der Waals surface area contributed by atoms with E-state index in [0.717, 1.165) is 42.0 Å². The molecule has 6 nitrogen and oxygen atoms in total. The summed E-state index contributed by atoms with van der Waals surface area (Å²) in [5.74, 6) is 0.138. The molecule has 0 saturated heterocycles. The van der Waals surface area contributed by atoms with E-state index in [1.54, 1.807) is 18.4 Å². The summed E-state index contributed by atoms with van der Waals surface area (Å²) in [5, 5.41) is 2.27. The largest absolute Gasteiger partial charge is 0.487 e. The van der Waals surface area contributed by atoms with Crippen molar-refractivity contribution < 1.29 is 14.3 Å². The van der Waals surface area contributed by atoms with Crippen molar-refractivity contribution in [1.82, 2.24) is 4.57 Å². The second-order valence-electron chi connectivity index (χ2n) is 10.4. The third-order valence-corrected chi connectivity index (χ3v) is 9.52. The van der Waals surface area contributed by atoms with E-state index >= 15 is 0 Å². The van der Waals surface area contributed by atoms with Crippen LogP contribution in [0.15, 0.2) is 109 Å². The molecular formula is C35H28Br2N2O4S. The van der Waals surface area contributed by atoms with E-state index in [0.29, 0.717) is 33.0 Å². The number of ether oxygens (including phenoxy) is 2. The summed E-state index contributed by atoms with van der Waals surface area (Å²) >= 11 is 8.55. The molecular weight excluding hydrogens is 704 g/mol. The van der Waals surface area contributed by atoms with Crippen LogP contribution in [0.25, 0.3) is 16.8 Å². The standard InChI is InChI=1S/C35H28Br2N2O4S/c1-4-42-34(41)30-21(3)38-35-39(31(30)23-14-12-20(2)13-15-23)33(40)29(44-35)17-25-16-26(36)18-28(37)32(25)43-19-24-10-7-9-22-8-5-6-11-27(22)24/h5-18,31H,4,19H2,1-3H3/b29-17-/t31-/m0/s1. The minimum absolute atomic E-state index is 0.222. The molecule has 0 saturated carbocycles. The highest BCUT2D eigenvalue weighted by atomic mass is 79.9. The monoisotopic (exact) mass is 730 g/mol. The zero-order valence-corrected chi connectivity index (χ0v) is 28.3. The normalized spacial score (nSPS) is 14.8. The minimum Gasteiger partial charge on any atom is -0.487 e. The molecule has 5 aromatic rings. The van der Waals surface area contributed by atoms with Gasteiger partial charge in [0.1, 0.15) is 12.4 Å². The van der Waals surface area contributed by atoms with Gasteiger partial charge in [-0.3, -0.25) is 9.36 Å². The first-order valence-electron chi connectivity index (χ1n) is 14.1. The van der Waals surface area contributed by atoms with Gasteiger partial charge < -0.3 is 9.47 Å². The Hall–Kier alpha value is -3.79. The molecule has 6 rings (SSSR count). The SMILES string of the molecule is CCOC(=O)C1=C(C)N=c2s/c(=C\c3cc(Br)cc(Br)c3OCc3cccc4ccccc34)c(=O)n2[C@H]1c1ccc(C)cc1. The molecule has 4 aromatic carbocycles. The molecule has 9 heteroatoms. The van der Waals surface area contributed by atoms with Crippen LogP contribution < -0.4 is 19.6 Å². The lowest BCUT2D eigenvalue weighted by Crippen LogP contribution is -2.39. The molecule has 0 amide bonds. The number of allylic oxidation sites excluding steroid dienone is 1. The van der Waals surface area contributed by atoms with Crippen LogP contribution in [0.1, 0.15) is 42.1 Å². The zero-order chi connectivity index (χ0) is 31.0. The van der Waals surface area contributed by atoms with Crippen LogP contribution in [0.5, 0.6) is 5.75 Å². The van der Waals surface area contributed by atoms with Gasteiger partial charge in [-0.15, -0.1) is 0 Å².